The second-order valence-corrected chi connectivity index (χ2v) is 18.3. The lowest BCUT2D eigenvalue weighted by Crippen LogP contribution is -2.58. The predicted octanol–water partition coefficient (Wildman–Crippen LogP) is 0.0662. The Balaban J connectivity index is 1.14. The van der Waals surface area contributed by atoms with Crippen LogP contribution in [0, 0.1) is 5.92 Å². The maximum atomic E-state index is 13.9. The largest absolute Gasteiger partial charge is 0.508 e. The number of azide groups is 1. The van der Waals surface area contributed by atoms with Gasteiger partial charge < -0.3 is 83.3 Å². The molecule has 3 aromatic carbocycles. The molecule has 0 saturated heterocycles. The van der Waals surface area contributed by atoms with E-state index in [1.807, 2.05) is 13.8 Å². The van der Waals surface area contributed by atoms with Gasteiger partial charge in [-0.25, -0.2) is 4.79 Å². The number of phenolic OH excluding ortho intramolecular Hbond substituents is 2. The van der Waals surface area contributed by atoms with Crippen LogP contribution in [0.5, 0.6) is 23.0 Å². The molecule has 3 aromatic rings. The molecule has 5 rings (SSSR count). The fraction of sp³-hybridized carbons (Fsp3) is 0.469. The number of aromatic hydroxyl groups is 2. The van der Waals surface area contributed by atoms with E-state index in [1.165, 1.54) is 31.2 Å². The number of hydrogen-bond acceptors (Lipinski definition) is 17. The van der Waals surface area contributed by atoms with Crippen LogP contribution in [0.3, 0.4) is 0 Å². The van der Waals surface area contributed by atoms with Gasteiger partial charge in [-0.3, -0.25) is 28.8 Å². The fourth-order valence-electron chi connectivity index (χ4n) is 8.20. The summed E-state index contributed by atoms with van der Waals surface area (Å²) in [5.74, 6) is -4.40. The highest BCUT2D eigenvalue weighted by Gasteiger charge is 2.53. The van der Waals surface area contributed by atoms with Gasteiger partial charge >= 0.3 is 5.97 Å². The van der Waals surface area contributed by atoms with E-state index in [4.69, 9.17) is 37.7 Å². The maximum absolute atomic E-state index is 13.9. The van der Waals surface area contributed by atoms with Crippen molar-refractivity contribution in [2.75, 3.05) is 84.0 Å². The van der Waals surface area contributed by atoms with Crippen LogP contribution in [-0.4, -0.2) is 154 Å². The molecule has 3 atom stereocenters. The van der Waals surface area contributed by atoms with Crippen molar-refractivity contribution in [1.82, 2.24) is 47.9 Å². The normalized spacial score (nSPS) is 13.7. The summed E-state index contributed by atoms with van der Waals surface area (Å²) in [4.78, 5) is 95.4. The first-order valence-corrected chi connectivity index (χ1v) is 25.0. The Morgan fingerprint density at radius 2 is 1.29 bits per heavy atom. The number of anilines is 1. The molecule has 0 radical (unpaired) electrons. The van der Waals surface area contributed by atoms with Gasteiger partial charge in [-0.2, -0.15) is 0 Å². The number of carbonyl (C=O) groups is 7. The molecule has 0 aromatic heterocycles. The third-order valence-corrected chi connectivity index (χ3v) is 11.8. The zero-order chi connectivity index (χ0) is 55.2. The van der Waals surface area contributed by atoms with Crippen LogP contribution in [0.4, 0.5) is 5.69 Å². The second-order valence-electron chi connectivity index (χ2n) is 17.9. The van der Waals surface area contributed by atoms with Gasteiger partial charge in [-0.1, -0.05) is 25.0 Å². The van der Waals surface area contributed by atoms with Gasteiger partial charge in [0.2, 0.25) is 35.4 Å². The number of amides is 6. The lowest BCUT2D eigenvalue weighted by Gasteiger charge is -2.36. The summed E-state index contributed by atoms with van der Waals surface area (Å²) in [6.45, 7) is 7.61. The van der Waals surface area contributed by atoms with Crippen LogP contribution >= 0.6 is 12.2 Å². The molecular formula is C49H66N14O12S. The zero-order valence-electron chi connectivity index (χ0n) is 42.4. The minimum atomic E-state index is -1.53. The average molecular weight is 1080 g/mol. The minimum Gasteiger partial charge on any atom is -0.508 e. The lowest BCUT2D eigenvalue weighted by molar-refractivity contribution is -0.136. The van der Waals surface area contributed by atoms with Crippen LogP contribution in [-0.2, 0) is 43.8 Å². The summed E-state index contributed by atoms with van der Waals surface area (Å²) in [5.41, 5.74) is 14.8. The molecule has 0 fully saturated rings. The number of nitrogens with one attached hydrogen (secondary N) is 10. The third-order valence-electron chi connectivity index (χ3n) is 11.6. The number of hydrogen-bond donors (Lipinski definition) is 13. The van der Waals surface area contributed by atoms with Gasteiger partial charge in [0.25, 0.3) is 0 Å². The first-order valence-electron chi connectivity index (χ1n) is 24.6. The Morgan fingerprint density at radius 3 is 1.87 bits per heavy atom. The van der Waals surface area contributed by atoms with Crippen LogP contribution in [0.15, 0.2) is 59.7 Å². The molecule has 0 aliphatic carbocycles. The van der Waals surface area contributed by atoms with Crippen molar-refractivity contribution in [2.24, 2.45) is 16.8 Å². The molecule has 2 aliphatic heterocycles. The zero-order valence-corrected chi connectivity index (χ0v) is 43.2. The van der Waals surface area contributed by atoms with Gasteiger partial charge in [-0.15, -0.1) is 0 Å². The highest BCUT2D eigenvalue weighted by molar-refractivity contribution is 7.80. The van der Waals surface area contributed by atoms with E-state index < -0.39 is 78.0 Å². The molecule has 76 heavy (non-hydrogen) atoms. The van der Waals surface area contributed by atoms with Crippen molar-refractivity contribution >= 4 is 64.4 Å². The van der Waals surface area contributed by atoms with Gasteiger partial charge in [0.15, 0.2) is 10.7 Å². The van der Waals surface area contributed by atoms with Crippen molar-refractivity contribution in [3.05, 3.63) is 87.3 Å². The quantitative estimate of drug-likeness (QED) is 0.0105. The average Bonchev–Trinajstić information content (AvgIpc) is 3.66. The maximum Gasteiger partial charge on any atom is 0.340 e. The molecule has 14 N–H and O–H groups in total. The summed E-state index contributed by atoms with van der Waals surface area (Å²) < 4.78 is 17.5. The van der Waals surface area contributed by atoms with E-state index in [-0.39, 0.29) is 92.0 Å². The van der Waals surface area contributed by atoms with Crippen molar-refractivity contribution in [3.63, 3.8) is 0 Å². The van der Waals surface area contributed by atoms with Crippen molar-refractivity contribution in [3.8, 4) is 23.0 Å². The topological polar surface area (TPSA) is 383 Å². The van der Waals surface area contributed by atoms with Crippen molar-refractivity contribution in [2.45, 2.75) is 63.8 Å². The van der Waals surface area contributed by atoms with E-state index in [1.54, 1.807) is 30.3 Å². The molecule has 1 spiro atoms. The highest BCUT2D eigenvalue weighted by atomic mass is 32.1. The van der Waals surface area contributed by atoms with Gasteiger partial charge in [0.05, 0.1) is 31.6 Å². The van der Waals surface area contributed by atoms with Gasteiger partial charge in [-0.05, 0) is 66.5 Å². The van der Waals surface area contributed by atoms with E-state index in [0.29, 0.717) is 55.1 Å². The smallest absolute Gasteiger partial charge is 0.340 e. The monoisotopic (exact) mass is 1070 g/mol. The van der Waals surface area contributed by atoms with Gasteiger partial charge in [0, 0.05) is 112 Å². The molecule has 27 heteroatoms. The predicted molar refractivity (Wildman–Crippen MR) is 281 cm³/mol. The number of carbonyl (C=O) groups excluding carboxylic acids is 7. The van der Waals surface area contributed by atoms with E-state index in [2.05, 4.69) is 63.2 Å². The van der Waals surface area contributed by atoms with E-state index in [0.717, 1.165) is 0 Å². The summed E-state index contributed by atoms with van der Waals surface area (Å²) in [6.07, 6.45) is -0.862. The molecule has 0 bridgehead atoms. The minimum absolute atomic E-state index is 0.00901. The Labute approximate surface area is 443 Å². The molecule has 6 amide bonds. The van der Waals surface area contributed by atoms with Gasteiger partial charge in [0.1, 0.15) is 41.1 Å². The number of rotatable bonds is 30. The van der Waals surface area contributed by atoms with Crippen molar-refractivity contribution < 1.29 is 58.0 Å². The first kappa shape index (κ1) is 59.1. The fourth-order valence-corrected chi connectivity index (χ4v) is 8.42. The number of fused-ring (bicyclic) bond motifs is 6. The first-order chi connectivity index (χ1) is 36.4. The molecule has 26 nitrogen and oxygen atoms in total. The number of nitrogens with two attached hydrogens (primary N) is 1. The highest BCUT2D eigenvalue weighted by Crippen LogP contribution is 2.57. The second kappa shape index (κ2) is 29.3. The number of esters is 1. The van der Waals surface area contributed by atoms with Crippen LogP contribution < -0.4 is 63.6 Å². The Kier molecular flexibility index (Phi) is 22.8. The molecular weight excluding hydrogens is 1010 g/mol. The Hall–Kier alpha value is -7.81. The van der Waals surface area contributed by atoms with E-state index >= 15 is 0 Å². The van der Waals surface area contributed by atoms with Crippen LogP contribution in [0.2, 0.25) is 0 Å². The summed E-state index contributed by atoms with van der Waals surface area (Å²) in [5, 5.41) is 51.9. The molecule has 410 valence electrons. The number of phenols is 2. The van der Waals surface area contributed by atoms with Crippen molar-refractivity contribution in [1.29, 1.82) is 0 Å². The standard InChI is InChI=1S/C49H66N14O12S/c1-28(2)22-37(59-29(3)64)45(70)62-39(27-43(68)54-15-12-52-11-10-50)46(71)61-38(44(69)56-18-20-73-21-19-58-63-51)26-42(67)55-16-13-53-14-17-57-48(76)60-30-4-7-34-33(23-30)47(72)75-49(34)35-8-5-31(65)24-40(35)74-41-25-32(66)6-9-36(41)49/h4-9,23-25,28,37-39,52-53,65-66H,10-22,26-27,50H2,1-3H3,(H,54,68)(H,55,67)(H,56,69)(H,59,64)(H,61,71)(H,62,70)(H2,57,60,76)/t37-,38-,39+/m0/s1. The molecule has 0 saturated carbocycles. The molecule has 2 heterocycles. The Morgan fingerprint density at radius 1 is 0.724 bits per heavy atom. The van der Waals surface area contributed by atoms with E-state index in [9.17, 15) is 43.8 Å². The van der Waals surface area contributed by atoms with Crippen LogP contribution in [0.1, 0.15) is 67.1 Å². The number of nitrogens with zero attached hydrogens (tertiary/aromatic N) is 3. The number of ether oxygens (including phenoxy) is 3. The Bertz CT molecular complexity index is 2580. The summed E-state index contributed by atoms with van der Waals surface area (Å²) in [6, 6.07) is 10.0. The molecule has 0 unspecified atom stereocenters. The summed E-state index contributed by atoms with van der Waals surface area (Å²) in [7, 11) is 0. The number of benzene rings is 3. The SMILES string of the molecule is CC(=O)N[C@@H](CC(C)C)C(=O)N[C@H](CC(=O)NCCNCCN)C(=O)N[C@@H](CC(=O)NCCNCCNC(=S)Nc1ccc2c(c1)C(=O)OC21c2ccc(O)cc2Oc2cc(O)ccc21)C(=O)NCCOCCN=[N+]=[N-]. The summed E-state index contributed by atoms with van der Waals surface area (Å²) >= 11 is 5.52. The molecule has 2 aliphatic rings. The lowest BCUT2D eigenvalue weighted by atomic mass is 9.77. The number of thiocarbonyl (C=S) groups is 1. The van der Waals surface area contributed by atoms with Crippen LogP contribution in [0.25, 0.3) is 10.4 Å². The third kappa shape index (κ3) is 17.1.